The van der Waals surface area contributed by atoms with E-state index in [9.17, 15) is 0 Å². The number of benzene rings is 1. The molecule has 0 amide bonds. The van der Waals surface area contributed by atoms with Crippen molar-refractivity contribution in [2.75, 3.05) is 26.2 Å². The van der Waals surface area contributed by atoms with Gasteiger partial charge < -0.3 is 10.6 Å². The molecule has 0 radical (unpaired) electrons. The molecule has 0 bridgehead atoms. The van der Waals surface area contributed by atoms with Crippen LogP contribution in [0.3, 0.4) is 0 Å². The molecule has 1 aliphatic rings. The summed E-state index contributed by atoms with van der Waals surface area (Å²) >= 11 is 0. The van der Waals surface area contributed by atoms with Gasteiger partial charge in [-0.1, -0.05) is 43.0 Å². The number of hydrogen-bond acceptors (Lipinski definition) is 2. The van der Waals surface area contributed by atoms with Crippen LogP contribution >= 0.6 is 0 Å². The van der Waals surface area contributed by atoms with E-state index in [1.807, 2.05) is 0 Å². The Bertz CT molecular complexity index is 551. The fourth-order valence-corrected chi connectivity index (χ4v) is 3.04. The number of nitrogens with zero attached hydrogens (tertiary/aromatic N) is 2. The molecule has 1 aromatic rings. The largest absolute Gasteiger partial charge is 0.357 e. The zero-order valence-electron chi connectivity index (χ0n) is 14.9. The summed E-state index contributed by atoms with van der Waals surface area (Å²) in [4.78, 5) is 7.25. The van der Waals surface area contributed by atoms with Crippen LogP contribution in [-0.2, 0) is 13.1 Å². The van der Waals surface area contributed by atoms with Gasteiger partial charge in [0.05, 0.1) is 13.1 Å². The minimum Gasteiger partial charge on any atom is -0.357 e. The lowest BCUT2D eigenvalue weighted by Crippen LogP contribution is -2.37. The molecule has 1 aliphatic heterocycles. The normalized spacial score (nSPS) is 16.2. The molecule has 0 unspecified atom stereocenters. The van der Waals surface area contributed by atoms with E-state index in [2.05, 4.69) is 57.6 Å². The van der Waals surface area contributed by atoms with Gasteiger partial charge in [-0.2, -0.15) is 0 Å². The van der Waals surface area contributed by atoms with Crippen molar-refractivity contribution >= 4 is 5.96 Å². The molecular weight excluding hydrogens is 296 g/mol. The van der Waals surface area contributed by atoms with Gasteiger partial charge in [0.2, 0.25) is 0 Å². The summed E-state index contributed by atoms with van der Waals surface area (Å²) in [6, 6.07) is 8.64. The standard InChI is InChI=1S/C20H30N4/c1-3-13-22-20(21-4-2)23-16-18-11-7-8-12-19(18)17-24-14-9-5-6-10-15-24/h1,7-8,11-12H,4-6,9-10,13-17H2,2H3,(H2,21,22,23). The first-order valence-corrected chi connectivity index (χ1v) is 9.08. The third kappa shape index (κ3) is 6.25. The molecule has 4 heteroatoms. The third-order valence-corrected chi connectivity index (χ3v) is 4.32. The average molecular weight is 326 g/mol. The summed E-state index contributed by atoms with van der Waals surface area (Å²) in [7, 11) is 0. The molecule has 1 heterocycles. The van der Waals surface area contributed by atoms with Crippen molar-refractivity contribution in [2.24, 2.45) is 4.99 Å². The van der Waals surface area contributed by atoms with E-state index in [4.69, 9.17) is 6.42 Å². The highest BCUT2D eigenvalue weighted by Crippen LogP contribution is 2.16. The van der Waals surface area contributed by atoms with E-state index in [0.717, 1.165) is 19.0 Å². The monoisotopic (exact) mass is 326 g/mol. The smallest absolute Gasteiger partial charge is 0.192 e. The van der Waals surface area contributed by atoms with Crippen LogP contribution in [0.15, 0.2) is 29.3 Å². The highest BCUT2D eigenvalue weighted by atomic mass is 15.2. The molecule has 2 rings (SSSR count). The van der Waals surface area contributed by atoms with Crippen LogP contribution in [0.2, 0.25) is 0 Å². The number of likely N-dealkylation sites (tertiary alicyclic amines) is 1. The van der Waals surface area contributed by atoms with Crippen molar-refractivity contribution in [3.05, 3.63) is 35.4 Å². The second-order valence-electron chi connectivity index (χ2n) is 6.21. The summed E-state index contributed by atoms with van der Waals surface area (Å²) < 4.78 is 0. The minimum atomic E-state index is 0.487. The Kier molecular flexibility index (Phi) is 8.20. The molecule has 0 spiro atoms. The van der Waals surface area contributed by atoms with E-state index >= 15 is 0 Å². The van der Waals surface area contributed by atoms with Gasteiger partial charge in [0.1, 0.15) is 0 Å². The second-order valence-corrected chi connectivity index (χ2v) is 6.21. The molecular formula is C20H30N4. The zero-order valence-corrected chi connectivity index (χ0v) is 14.9. The molecule has 2 N–H and O–H groups in total. The lowest BCUT2D eigenvalue weighted by atomic mass is 10.1. The Morgan fingerprint density at radius 1 is 1.12 bits per heavy atom. The maximum Gasteiger partial charge on any atom is 0.192 e. The van der Waals surface area contributed by atoms with Crippen LogP contribution in [0.4, 0.5) is 0 Å². The van der Waals surface area contributed by atoms with Gasteiger partial charge in [0.25, 0.3) is 0 Å². The van der Waals surface area contributed by atoms with Gasteiger partial charge in [-0.25, -0.2) is 4.99 Å². The van der Waals surface area contributed by atoms with Gasteiger partial charge in [0, 0.05) is 13.1 Å². The van der Waals surface area contributed by atoms with Crippen LogP contribution in [-0.4, -0.2) is 37.0 Å². The molecule has 0 atom stereocenters. The summed E-state index contributed by atoms with van der Waals surface area (Å²) in [5, 5.41) is 6.37. The predicted octanol–water partition coefficient (Wildman–Crippen LogP) is 2.75. The fraction of sp³-hybridized carbons (Fsp3) is 0.550. The fourth-order valence-electron chi connectivity index (χ4n) is 3.04. The quantitative estimate of drug-likeness (QED) is 0.480. The summed E-state index contributed by atoms with van der Waals surface area (Å²) in [5.74, 6) is 3.37. The summed E-state index contributed by atoms with van der Waals surface area (Å²) in [6.07, 6.45) is 10.7. The summed E-state index contributed by atoms with van der Waals surface area (Å²) in [6.45, 7) is 7.49. The van der Waals surface area contributed by atoms with Crippen LogP contribution in [0.25, 0.3) is 0 Å². The molecule has 0 saturated carbocycles. The van der Waals surface area contributed by atoms with E-state index in [-0.39, 0.29) is 0 Å². The topological polar surface area (TPSA) is 39.7 Å². The maximum atomic E-state index is 5.32. The molecule has 24 heavy (non-hydrogen) atoms. The van der Waals surface area contributed by atoms with E-state index in [1.165, 1.54) is 49.9 Å². The van der Waals surface area contributed by atoms with Crippen molar-refractivity contribution in [1.29, 1.82) is 0 Å². The van der Waals surface area contributed by atoms with Crippen LogP contribution in [0.5, 0.6) is 0 Å². The lowest BCUT2D eigenvalue weighted by Gasteiger charge is -2.21. The Labute approximate surface area is 146 Å². The van der Waals surface area contributed by atoms with E-state index in [0.29, 0.717) is 13.1 Å². The highest BCUT2D eigenvalue weighted by molar-refractivity contribution is 5.80. The van der Waals surface area contributed by atoms with Gasteiger partial charge in [-0.15, -0.1) is 6.42 Å². The SMILES string of the molecule is C#CCNC(=NCc1ccccc1CN1CCCCCC1)NCC. The van der Waals surface area contributed by atoms with Crippen LogP contribution < -0.4 is 10.6 Å². The van der Waals surface area contributed by atoms with Crippen molar-refractivity contribution in [2.45, 2.75) is 45.7 Å². The molecule has 1 aromatic carbocycles. The number of nitrogens with one attached hydrogen (secondary N) is 2. The maximum absolute atomic E-state index is 5.32. The molecule has 0 aromatic heterocycles. The molecule has 1 saturated heterocycles. The number of terminal acetylenes is 1. The van der Waals surface area contributed by atoms with Crippen molar-refractivity contribution < 1.29 is 0 Å². The van der Waals surface area contributed by atoms with Crippen molar-refractivity contribution in [3.63, 3.8) is 0 Å². The van der Waals surface area contributed by atoms with Crippen molar-refractivity contribution in [1.82, 2.24) is 15.5 Å². The van der Waals surface area contributed by atoms with E-state index in [1.54, 1.807) is 0 Å². The number of hydrogen-bond donors (Lipinski definition) is 2. The van der Waals surface area contributed by atoms with E-state index < -0.39 is 0 Å². The third-order valence-electron chi connectivity index (χ3n) is 4.32. The van der Waals surface area contributed by atoms with Gasteiger partial charge >= 0.3 is 0 Å². The average Bonchev–Trinajstić information content (AvgIpc) is 2.87. The van der Waals surface area contributed by atoms with Crippen LogP contribution in [0, 0.1) is 12.3 Å². The van der Waals surface area contributed by atoms with Crippen LogP contribution in [0.1, 0.15) is 43.7 Å². The Morgan fingerprint density at radius 3 is 2.50 bits per heavy atom. The number of aliphatic imine (C=N–C) groups is 1. The Morgan fingerprint density at radius 2 is 1.83 bits per heavy atom. The molecule has 0 aliphatic carbocycles. The zero-order chi connectivity index (χ0) is 17.0. The number of rotatable bonds is 6. The van der Waals surface area contributed by atoms with Gasteiger partial charge in [-0.3, -0.25) is 4.90 Å². The Balaban J connectivity index is 2.02. The van der Waals surface area contributed by atoms with Crippen molar-refractivity contribution in [3.8, 4) is 12.3 Å². The highest BCUT2D eigenvalue weighted by Gasteiger charge is 2.11. The van der Waals surface area contributed by atoms with Gasteiger partial charge in [-0.05, 0) is 44.0 Å². The first-order chi connectivity index (χ1) is 11.8. The Hall–Kier alpha value is -1.99. The molecule has 1 fully saturated rings. The second kappa shape index (κ2) is 10.7. The molecule has 4 nitrogen and oxygen atoms in total. The van der Waals surface area contributed by atoms with Gasteiger partial charge in [0.15, 0.2) is 5.96 Å². The first-order valence-electron chi connectivity index (χ1n) is 9.08. The predicted molar refractivity (Wildman–Crippen MR) is 102 cm³/mol. The summed E-state index contributed by atoms with van der Waals surface area (Å²) in [5.41, 5.74) is 2.68. The number of guanidine groups is 1. The first kappa shape index (κ1) is 18.4. The molecule has 130 valence electrons. The minimum absolute atomic E-state index is 0.487. The lowest BCUT2D eigenvalue weighted by molar-refractivity contribution is 0.276.